The molecular weight excluding hydrogens is 388 g/mol. The molecule has 4 aromatic rings. The Hall–Kier alpha value is -3.26. The van der Waals surface area contributed by atoms with Crippen molar-refractivity contribution in [3.63, 3.8) is 0 Å². The minimum Gasteiger partial charge on any atom is -0.494 e. The fourth-order valence-electron chi connectivity index (χ4n) is 4.11. The van der Waals surface area contributed by atoms with E-state index in [-0.39, 0.29) is 0 Å². The highest BCUT2D eigenvalue weighted by atomic mass is 32.2. The second-order valence-corrected chi connectivity index (χ2v) is 9.10. The highest BCUT2D eigenvalue weighted by Gasteiger charge is 2.26. The van der Waals surface area contributed by atoms with Crippen LogP contribution in [0, 0.1) is 6.92 Å². The lowest BCUT2D eigenvalue weighted by atomic mass is 9.99. The molecule has 7 nitrogen and oxygen atoms in total. The van der Waals surface area contributed by atoms with Crippen molar-refractivity contribution in [1.29, 1.82) is 0 Å². The molecule has 3 heterocycles. The molecule has 0 saturated heterocycles. The largest absolute Gasteiger partial charge is 0.494 e. The van der Waals surface area contributed by atoms with Gasteiger partial charge in [-0.25, -0.2) is 8.42 Å². The summed E-state index contributed by atoms with van der Waals surface area (Å²) in [7, 11) is -1.78. The van der Waals surface area contributed by atoms with Gasteiger partial charge in [-0.15, -0.1) is 0 Å². The van der Waals surface area contributed by atoms with Crippen LogP contribution in [0.4, 0.5) is 17.1 Å². The summed E-state index contributed by atoms with van der Waals surface area (Å²) in [6, 6.07) is 11.6. The molecule has 0 aliphatic carbocycles. The van der Waals surface area contributed by atoms with Gasteiger partial charge in [0.2, 0.25) is 10.0 Å². The fraction of sp³-hybridized carbons (Fsp3) is 0.190. The Morgan fingerprint density at radius 2 is 1.97 bits per heavy atom. The number of rotatable bonds is 4. The third-order valence-electron chi connectivity index (χ3n) is 5.20. The smallest absolute Gasteiger partial charge is 0.229 e. The highest BCUT2D eigenvalue weighted by molar-refractivity contribution is 7.92. The van der Waals surface area contributed by atoms with Crippen molar-refractivity contribution in [2.45, 2.75) is 13.5 Å². The molecule has 0 saturated carbocycles. The minimum absolute atomic E-state index is 0.464. The van der Waals surface area contributed by atoms with Gasteiger partial charge in [0.1, 0.15) is 5.75 Å². The summed E-state index contributed by atoms with van der Waals surface area (Å²) in [6.45, 7) is 2.69. The van der Waals surface area contributed by atoms with E-state index in [1.165, 1.54) is 5.39 Å². The van der Waals surface area contributed by atoms with Crippen LogP contribution >= 0.6 is 0 Å². The van der Waals surface area contributed by atoms with E-state index >= 15 is 0 Å². The van der Waals surface area contributed by atoms with Crippen LogP contribution in [0.5, 0.6) is 5.75 Å². The van der Waals surface area contributed by atoms with Gasteiger partial charge in [-0.2, -0.15) is 0 Å². The molecular formula is C21H20N4O3S. The molecule has 0 spiro atoms. The number of methoxy groups -OCH3 is 1. The molecule has 0 atom stereocenters. The number of anilines is 3. The summed E-state index contributed by atoms with van der Waals surface area (Å²) in [4.78, 5) is 10.2. The van der Waals surface area contributed by atoms with Crippen molar-refractivity contribution in [3.05, 3.63) is 53.9 Å². The lowest BCUT2D eigenvalue weighted by molar-refractivity contribution is 0.415. The average Bonchev–Trinajstić information content (AvgIpc) is 3.08. The first-order chi connectivity index (χ1) is 13.8. The Labute approximate surface area is 168 Å². The molecule has 5 rings (SSSR count). The Balaban J connectivity index is 1.72. The van der Waals surface area contributed by atoms with Gasteiger partial charge in [-0.3, -0.25) is 9.71 Å². The van der Waals surface area contributed by atoms with E-state index in [1.807, 2.05) is 25.3 Å². The maximum absolute atomic E-state index is 11.6. The van der Waals surface area contributed by atoms with Crippen LogP contribution in [0.25, 0.3) is 21.8 Å². The van der Waals surface area contributed by atoms with Crippen LogP contribution in [0.15, 0.2) is 42.6 Å². The van der Waals surface area contributed by atoms with Crippen molar-refractivity contribution >= 4 is 48.9 Å². The van der Waals surface area contributed by atoms with E-state index in [4.69, 9.17) is 4.74 Å². The summed E-state index contributed by atoms with van der Waals surface area (Å²) >= 11 is 0. The van der Waals surface area contributed by atoms with Gasteiger partial charge < -0.3 is 14.6 Å². The number of aromatic amines is 1. The van der Waals surface area contributed by atoms with Crippen LogP contribution in [-0.2, 0) is 16.6 Å². The van der Waals surface area contributed by atoms with E-state index in [0.717, 1.165) is 45.3 Å². The Kier molecular flexibility index (Phi) is 3.76. The van der Waals surface area contributed by atoms with Gasteiger partial charge in [0.15, 0.2) is 0 Å². The van der Waals surface area contributed by atoms with Gasteiger partial charge in [-0.05, 0) is 37.3 Å². The Bertz CT molecular complexity index is 1390. The third-order valence-corrected chi connectivity index (χ3v) is 5.80. The number of nitrogens with zero attached hydrogens (tertiary/aromatic N) is 2. The van der Waals surface area contributed by atoms with Gasteiger partial charge in [0, 0.05) is 39.8 Å². The lowest BCUT2D eigenvalue weighted by Crippen LogP contribution is -2.20. The second-order valence-electron chi connectivity index (χ2n) is 7.35. The lowest BCUT2D eigenvalue weighted by Gasteiger charge is -2.31. The first kappa shape index (κ1) is 17.8. The fourth-order valence-corrected chi connectivity index (χ4v) is 4.67. The average molecular weight is 408 g/mol. The van der Waals surface area contributed by atoms with Crippen LogP contribution < -0.4 is 14.4 Å². The van der Waals surface area contributed by atoms with Crippen LogP contribution in [0.3, 0.4) is 0 Å². The molecule has 148 valence electrons. The van der Waals surface area contributed by atoms with Crippen LogP contribution in [-0.4, -0.2) is 31.8 Å². The SMILES string of the molecule is COc1cc(NS(C)(=O)=O)ccc1N1Cc2cnc3ccc4[nH]c(C)cc1c4c23. The molecule has 0 bridgehead atoms. The zero-order chi connectivity index (χ0) is 20.3. The normalized spacial score (nSPS) is 13.4. The molecule has 2 aromatic heterocycles. The van der Waals surface area contributed by atoms with E-state index in [1.54, 1.807) is 19.2 Å². The number of pyridine rings is 1. The number of aromatic nitrogens is 2. The number of ether oxygens (including phenoxy) is 1. The van der Waals surface area contributed by atoms with Crippen molar-refractivity contribution in [2.75, 3.05) is 23.0 Å². The molecule has 8 heteroatoms. The third kappa shape index (κ3) is 2.87. The maximum atomic E-state index is 11.6. The summed E-state index contributed by atoms with van der Waals surface area (Å²) < 4.78 is 31.3. The maximum Gasteiger partial charge on any atom is 0.229 e. The molecule has 1 aliphatic rings. The van der Waals surface area contributed by atoms with Gasteiger partial charge in [-0.1, -0.05) is 0 Å². The van der Waals surface area contributed by atoms with Gasteiger partial charge in [0.05, 0.1) is 42.5 Å². The molecule has 0 radical (unpaired) electrons. The van der Waals surface area contributed by atoms with E-state index < -0.39 is 10.0 Å². The van der Waals surface area contributed by atoms with Gasteiger partial charge >= 0.3 is 0 Å². The van der Waals surface area contributed by atoms with E-state index in [2.05, 4.69) is 31.7 Å². The minimum atomic E-state index is -3.37. The number of hydrogen-bond acceptors (Lipinski definition) is 5. The summed E-state index contributed by atoms with van der Waals surface area (Å²) in [6.07, 6.45) is 3.05. The van der Waals surface area contributed by atoms with Crippen LogP contribution in [0.2, 0.25) is 0 Å². The topological polar surface area (TPSA) is 87.3 Å². The molecule has 0 amide bonds. The second kappa shape index (κ2) is 6.12. The Morgan fingerprint density at radius 1 is 1.14 bits per heavy atom. The highest BCUT2D eigenvalue weighted by Crippen LogP contribution is 2.46. The van der Waals surface area contributed by atoms with Crippen molar-refractivity contribution < 1.29 is 13.2 Å². The van der Waals surface area contributed by atoms with Crippen LogP contribution in [0.1, 0.15) is 11.3 Å². The first-order valence-corrected chi connectivity index (χ1v) is 11.1. The first-order valence-electron chi connectivity index (χ1n) is 9.17. The summed E-state index contributed by atoms with van der Waals surface area (Å²) in [5, 5.41) is 2.31. The quantitative estimate of drug-likeness (QED) is 0.532. The van der Waals surface area contributed by atoms with Crippen molar-refractivity contribution in [1.82, 2.24) is 9.97 Å². The van der Waals surface area contributed by atoms with Crippen molar-refractivity contribution in [2.24, 2.45) is 0 Å². The number of aryl methyl sites for hydroxylation is 1. The van der Waals surface area contributed by atoms with E-state index in [0.29, 0.717) is 18.0 Å². The van der Waals surface area contributed by atoms with Crippen molar-refractivity contribution in [3.8, 4) is 5.75 Å². The zero-order valence-corrected chi connectivity index (χ0v) is 17.1. The monoisotopic (exact) mass is 408 g/mol. The molecule has 2 N–H and O–H groups in total. The molecule has 29 heavy (non-hydrogen) atoms. The number of nitrogens with one attached hydrogen (secondary N) is 2. The van der Waals surface area contributed by atoms with E-state index in [9.17, 15) is 8.42 Å². The number of sulfonamides is 1. The molecule has 2 aromatic carbocycles. The Morgan fingerprint density at radius 3 is 2.72 bits per heavy atom. The molecule has 0 fully saturated rings. The standard InChI is InChI=1S/C21H20N4O3S/c1-12-8-18-21-16(23-12)6-5-15-20(21)13(10-22-15)11-25(18)17-7-4-14(9-19(17)28-2)24-29(3,26)27/h4-10,23-24H,11H2,1-3H3. The molecule has 0 unspecified atom stereocenters. The summed E-state index contributed by atoms with van der Waals surface area (Å²) in [5.41, 5.74) is 6.65. The zero-order valence-electron chi connectivity index (χ0n) is 16.3. The predicted molar refractivity (Wildman–Crippen MR) is 116 cm³/mol. The molecule has 1 aliphatic heterocycles. The number of hydrogen-bond donors (Lipinski definition) is 2. The summed E-state index contributed by atoms with van der Waals surface area (Å²) in [5.74, 6) is 0.590. The number of benzene rings is 2. The number of H-pyrrole nitrogens is 1. The predicted octanol–water partition coefficient (Wildman–Crippen LogP) is 4.06. The van der Waals surface area contributed by atoms with Gasteiger partial charge in [0.25, 0.3) is 0 Å².